The minimum atomic E-state index is -0.572. The fourth-order valence-electron chi connectivity index (χ4n) is 3.83. The maximum atomic E-state index is 13.2. The van der Waals surface area contributed by atoms with E-state index in [0.717, 1.165) is 18.7 Å². The van der Waals surface area contributed by atoms with Crippen LogP contribution in [0, 0.1) is 23.5 Å². The largest absolute Gasteiger partial charge is 0.415 e. The Balaban J connectivity index is 1.58. The fraction of sp³-hybridized carbons (Fsp3) is 0.435. The van der Waals surface area contributed by atoms with Crippen molar-refractivity contribution < 1.29 is 23.1 Å². The molecule has 1 saturated heterocycles. The van der Waals surface area contributed by atoms with Gasteiger partial charge < -0.3 is 15.0 Å². The third-order valence-electron chi connectivity index (χ3n) is 5.40. The number of piperidine rings is 1. The minimum Gasteiger partial charge on any atom is -0.408 e. The maximum absolute atomic E-state index is 13.2. The number of nitrogens with zero attached hydrogens (tertiary/aromatic N) is 2. The topological polar surface area (TPSA) is 71.5 Å². The quantitative estimate of drug-likeness (QED) is 0.735. The first-order valence-electron chi connectivity index (χ1n) is 10.5. The van der Waals surface area contributed by atoms with Crippen molar-refractivity contribution in [1.82, 2.24) is 15.2 Å². The normalized spacial score (nSPS) is 15.6. The number of pyridine rings is 1. The zero-order chi connectivity index (χ0) is 22.4. The Labute approximate surface area is 180 Å². The number of nitrogens with one attached hydrogen (secondary N) is 1. The highest BCUT2D eigenvalue weighted by Gasteiger charge is 2.31. The van der Waals surface area contributed by atoms with E-state index >= 15 is 0 Å². The third-order valence-corrected chi connectivity index (χ3v) is 5.40. The van der Waals surface area contributed by atoms with Crippen molar-refractivity contribution in [2.45, 2.75) is 39.2 Å². The van der Waals surface area contributed by atoms with Crippen LogP contribution in [0.3, 0.4) is 0 Å². The fourth-order valence-corrected chi connectivity index (χ4v) is 3.83. The Morgan fingerprint density at radius 1 is 1.13 bits per heavy atom. The van der Waals surface area contributed by atoms with E-state index < -0.39 is 11.9 Å². The molecule has 1 aliphatic heterocycles. The van der Waals surface area contributed by atoms with Crippen LogP contribution in [0.5, 0.6) is 5.75 Å². The van der Waals surface area contributed by atoms with Crippen molar-refractivity contribution in [3.05, 3.63) is 59.9 Å². The minimum absolute atomic E-state index is 0.0526. The van der Waals surface area contributed by atoms with E-state index in [9.17, 15) is 18.4 Å². The van der Waals surface area contributed by atoms with Crippen molar-refractivity contribution in [2.75, 3.05) is 13.1 Å². The van der Waals surface area contributed by atoms with Crippen LogP contribution in [-0.2, 0) is 0 Å². The number of amides is 2. The smallest absolute Gasteiger partial charge is 0.408 e. The van der Waals surface area contributed by atoms with Gasteiger partial charge in [-0.05, 0) is 55.4 Å². The second kappa shape index (κ2) is 10.3. The van der Waals surface area contributed by atoms with Crippen LogP contribution < -0.4 is 10.1 Å². The molecule has 0 bridgehead atoms. The molecule has 6 nitrogen and oxygen atoms in total. The number of rotatable bonds is 6. The highest BCUT2D eigenvalue weighted by Crippen LogP contribution is 2.26. The molecule has 0 saturated carbocycles. The summed E-state index contributed by atoms with van der Waals surface area (Å²) in [5, 5.41) is 3.10. The first-order chi connectivity index (χ1) is 14.8. The molecule has 1 aromatic carbocycles. The highest BCUT2D eigenvalue weighted by molar-refractivity contribution is 5.94. The number of carbonyl (C=O) groups is 2. The van der Waals surface area contributed by atoms with Crippen LogP contribution in [0.2, 0.25) is 0 Å². The van der Waals surface area contributed by atoms with E-state index in [2.05, 4.69) is 24.1 Å². The second-order valence-corrected chi connectivity index (χ2v) is 8.25. The summed E-state index contributed by atoms with van der Waals surface area (Å²) in [6, 6.07) is 6.54. The van der Waals surface area contributed by atoms with E-state index in [1.54, 1.807) is 4.90 Å². The van der Waals surface area contributed by atoms with E-state index in [1.807, 2.05) is 0 Å². The summed E-state index contributed by atoms with van der Waals surface area (Å²) < 4.78 is 31.6. The third kappa shape index (κ3) is 6.47. The molecule has 166 valence electrons. The van der Waals surface area contributed by atoms with Gasteiger partial charge in [-0.2, -0.15) is 0 Å². The van der Waals surface area contributed by atoms with Gasteiger partial charge in [0, 0.05) is 30.8 Å². The summed E-state index contributed by atoms with van der Waals surface area (Å²) in [6.07, 6.45) is 4.00. The number of benzene rings is 1. The molecule has 1 atom stereocenters. The molecule has 0 radical (unpaired) electrons. The molecule has 0 spiro atoms. The molecule has 2 amide bonds. The van der Waals surface area contributed by atoms with Gasteiger partial charge in [0.1, 0.15) is 11.6 Å². The average Bonchev–Trinajstić information content (AvgIpc) is 2.73. The summed E-state index contributed by atoms with van der Waals surface area (Å²) >= 11 is 0. The lowest BCUT2D eigenvalue weighted by atomic mass is 9.85. The molecule has 0 aliphatic carbocycles. The first-order valence-corrected chi connectivity index (χ1v) is 10.5. The summed E-state index contributed by atoms with van der Waals surface area (Å²) in [7, 11) is 0. The van der Waals surface area contributed by atoms with Gasteiger partial charge in [-0.3, -0.25) is 9.78 Å². The van der Waals surface area contributed by atoms with E-state index in [0.29, 0.717) is 37.4 Å². The Hall–Kier alpha value is -3.03. The molecule has 1 aliphatic rings. The summed E-state index contributed by atoms with van der Waals surface area (Å²) in [4.78, 5) is 30.3. The van der Waals surface area contributed by atoms with Crippen LogP contribution >= 0.6 is 0 Å². The summed E-state index contributed by atoms with van der Waals surface area (Å²) in [5.74, 6) is -0.544. The number of carbonyl (C=O) groups excluding carboxylic acids is 2. The molecule has 1 aromatic heterocycles. The van der Waals surface area contributed by atoms with Crippen LogP contribution in [0.15, 0.2) is 42.7 Å². The first kappa shape index (κ1) is 22.7. The number of ether oxygens (including phenoxy) is 1. The van der Waals surface area contributed by atoms with Crippen molar-refractivity contribution in [3.8, 4) is 5.75 Å². The van der Waals surface area contributed by atoms with Crippen molar-refractivity contribution in [2.24, 2.45) is 11.8 Å². The van der Waals surface area contributed by atoms with E-state index in [1.165, 1.54) is 30.5 Å². The lowest BCUT2D eigenvalue weighted by Gasteiger charge is -2.36. The molecule has 1 N–H and O–H groups in total. The van der Waals surface area contributed by atoms with Crippen LogP contribution in [0.1, 0.15) is 43.5 Å². The van der Waals surface area contributed by atoms with Gasteiger partial charge in [0.2, 0.25) is 0 Å². The zero-order valence-electron chi connectivity index (χ0n) is 17.7. The van der Waals surface area contributed by atoms with Gasteiger partial charge in [0.25, 0.3) is 5.91 Å². The Morgan fingerprint density at radius 3 is 2.42 bits per heavy atom. The van der Waals surface area contributed by atoms with Gasteiger partial charge in [0.05, 0.1) is 12.4 Å². The predicted octanol–water partition coefficient (Wildman–Crippen LogP) is 4.42. The number of likely N-dealkylation sites (tertiary alicyclic amines) is 1. The molecule has 1 unspecified atom stereocenters. The number of halogens is 2. The molecule has 2 heterocycles. The summed E-state index contributed by atoms with van der Waals surface area (Å²) in [6.45, 7) is 5.15. The van der Waals surface area contributed by atoms with Crippen molar-refractivity contribution in [3.63, 3.8) is 0 Å². The number of hydrogen-bond donors (Lipinski definition) is 1. The molecular weight excluding hydrogens is 404 g/mol. The zero-order valence-corrected chi connectivity index (χ0v) is 17.7. The standard InChI is InChI=1S/C23H27F2N3O3/c1-15(2)11-21(27-22(29)17-3-5-18(24)6-4-17)16-7-9-28(10-8-16)23(30)31-20-12-19(25)13-26-14-20/h3-6,12-16,21H,7-11H2,1-2H3,(H,27,29). The molecule has 1 fully saturated rings. The van der Waals surface area contributed by atoms with E-state index in [-0.39, 0.29) is 29.4 Å². The van der Waals surface area contributed by atoms with Gasteiger partial charge >= 0.3 is 6.09 Å². The van der Waals surface area contributed by atoms with Crippen LogP contribution in [-0.4, -0.2) is 41.0 Å². The lowest BCUT2D eigenvalue weighted by Crippen LogP contribution is -2.47. The molecule has 2 aromatic rings. The maximum Gasteiger partial charge on any atom is 0.415 e. The Morgan fingerprint density at radius 2 is 1.81 bits per heavy atom. The van der Waals surface area contributed by atoms with Gasteiger partial charge in [-0.1, -0.05) is 13.8 Å². The van der Waals surface area contributed by atoms with Gasteiger partial charge in [0.15, 0.2) is 5.75 Å². The molecule has 8 heteroatoms. The van der Waals surface area contributed by atoms with Crippen molar-refractivity contribution in [1.29, 1.82) is 0 Å². The lowest BCUT2D eigenvalue weighted by molar-refractivity contribution is 0.0871. The molecule has 31 heavy (non-hydrogen) atoms. The highest BCUT2D eigenvalue weighted by atomic mass is 19.1. The Kier molecular flexibility index (Phi) is 7.55. The Bertz CT molecular complexity index is 897. The van der Waals surface area contributed by atoms with Gasteiger partial charge in [-0.15, -0.1) is 0 Å². The van der Waals surface area contributed by atoms with Crippen LogP contribution in [0.25, 0.3) is 0 Å². The second-order valence-electron chi connectivity index (χ2n) is 8.25. The SMILES string of the molecule is CC(C)CC(NC(=O)c1ccc(F)cc1)C1CCN(C(=O)Oc2cncc(F)c2)CC1. The number of aromatic nitrogens is 1. The molecule has 3 rings (SSSR count). The number of hydrogen-bond acceptors (Lipinski definition) is 4. The van der Waals surface area contributed by atoms with Crippen molar-refractivity contribution >= 4 is 12.0 Å². The monoisotopic (exact) mass is 431 g/mol. The van der Waals surface area contributed by atoms with E-state index in [4.69, 9.17) is 4.74 Å². The van der Waals surface area contributed by atoms with Gasteiger partial charge in [-0.25, -0.2) is 13.6 Å². The average molecular weight is 431 g/mol. The van der Waals surface area contributed by atoms with Crippen LogP contribution in [0.4, 0.5) is 13.6 Å². The summed E-state index contributed by atoms with van der Waals surface area (Å²) in [5.41, 5.74) is 0.417. The predicted molar refractivity (Wildman–Crippen MR) is 112 cm³/mol. The molecular formula is C23H27F2N3O3.